The van der Waals surface area contributed by atoms with E-state index in [0.717, 1.165) is 16.9 Å². The summed E-state index contributed by atoms with van der Waals surface area (Å²) in [6.07, 6.45) is 3.42. The molecule has 0 spiro atoms. The van der Waals surface area contributed by atoms with Crippen LogP contribution in [0.2, 0.25) is 0 Å². The zero-order valence-electron chi connectivity index (χ0n) is 13.7. The number of hydrogen-bond donors (Lipinski definition) is 2. The summed E-state index contributed by atoms with van der Waals surface area (Å²) in [5.41, 5.74) is 6.02. The first-order valence-electron chi connectivity index (χ1n) is 7.65. The van der Waals surface area contributed by atoms with E-state index < -0.39 is 0 Å². The average Bonchev–Trinajstić information content (AvgIpc) is 2.60. The van der Waals surface area contributed by atoms with Gasteiger partial charge in [0.05, 0.1) is 6.21 Å². The van der Waals surface area contributed by atoms with Crippen molar-refractivity contribution < 1.29 is 4.74 Å². The lowest BCUT2D eigenvalue weighted by Crippen LogP contribution is -2.31. The molecular weight excluding hydrogens is 318 g/mol. The largest absolute Gasteiger partial charge is 0.488 e. The molecule has 0 saturated carbocycles. The number of benzene rings is 2. The monoisotopic (exact) mass is 339 g/mol. The molecule has 0 radical (unpaired) electrons. The molecule has 24 heavy (non-hydrogen) atoms. The Labute approximate surface area is 148 Å². The fraction of sp³-hybridized carbons (Fsp3) is 0.158. The third-order valence-corrected chi connectivity index (χ3v) is 3.58. The molecule has 124 valence electrons. The first kappa shape index (κ1) is 17.7. The lowest BCUT2D eigenvalue weighted by Gasteiger charge is -2.10. The van der Waals surface area contributed by atoms with Crippen LogP contribution in [0.1, 0.15) is 16.7 Å². The molecule has 2 rings (SSSR count). The summed E-state index contributed by atoms with van der Waals surface area (Å²) in [6, 6.07) is 15.9. The number of para-hydroxylation sites is 1. The highest BCUT2D eigenvalue weighted by Gasteiger charge is 2.03. The number of nitrogens with one attached hydrogen (secondary N) is 2. The Morgan fingerprint density at radius 3 is 2.75 bits per heavy atom. The number of nitrogens with zero attached hydrogens (tertiary/aromatic N) is 1. The normalized spacial score (nSPS) is 10.4. The van der Waals surface area contributed by atoms with Crippen LogP contribution in [0.3, 0.4) is 0 Å². The molecule has 2 N–H and O–H groups in total. The SMILES string of the molecule is C=CCNC(=S)N/N=C\c1ccccc1OCc1ccccc1C. The minimum atomic E-state index is 0.449. The third kappa shape index (κ3) is 5.52. The molecule has 0 unspecified atom stereocenters. The number of rotatable bonds is 7. The van der Waals surface area contributed by atoms with Gasteiger partial charge in [0.15, 0.2) is 5.11 Å². The second-order valence-corrected chi connectivity index (χ2v) is 5.53. The van der Waals surface area contributed by atoms with Crippen molar-refractivity contribution >= 4 is 23.5 Å². The van der Waals surface area contributed by atoms with E-state index >= 15 is 0 Å². The van der Waals surface area contributed by atoms with Crippen molar-refractivity contribution in [1.82, 2.24) is 10.7 Å². The molecular formula is C19H21N3OS. The second-order valence-electron chi connectivity index (χ2n) is 5.12. The molecule has 0 aliphatic heterocycles. The molecule has 0 saturated heterocycles. The highest BCUT2D eigenvalue weighted by molar-refractivity contribution is 7.80. The number of hydrogen-bond acceptors (Lipinski definition) is 3. The molecule has 0 aliphatic carbocycles. The van der Waals surface area contributed by atoms with Gasteiger partial charge in [0.1, 0.15) is 12.4 Å². The van der Waals surface area contributed by atoms with Gasteiger partial charge in [0, 0.05) is 12.1 Å². The number of hydrazone groups is 1. The van der Waals surface area contributed by atoms with Crippen LogP contribution in [0.4, 0.5) is 0 Å². The average molecular weight is 339 g/mol. The van der Waals surface area contributed by atoms with Crippen LogP contribution in [-0.4, -0.2) is 17.9 Å². The van der Waals surface area contributed by atoms with E-state index in [4.69, 9.17) is 17.0 Å². The van der Waals surface area contributed by atoms with Crippen molar-refractivity contribution in [2.45, 2.75) is 13.5 Å². The van der Waals surface area contributed by atoms with Gasteiger partial charge in [-0.3, -0.25) is 5.43 Å². The quantitative estimate of drug-likeness (QED) is 0.350. The highest BCUT2D eigenvalue weighted by Crippen LogP contribution is 2.18. The van der Waals surface area contributed by atoms with Gasteiger partial charge in [-0.05, 0) is 42.4 Å². The predicted octanol–water partition coefficient (Wildman–Crippen LogP) is 3.56. The molecule has 5 heteroatoms. The molecule has 0 aliphatic rings. The van der Waals surface area contributed by atoms with E-state index in [-0.39, 0.29) is 0 Å². The van der Waals surface area contributed by atoms with Crippen LogP contribution in [0, 0.1) is 6.92 Å². The Morgan fingerprint density at radius 2 is 1.96 bits per heavy atom. The van der Waals surface area contributed by atoms with Gasteiger partial charge in [-0.25, -0.2) is 0 Å². The lowest BCUT2D eigenvalue weighted by molar-refractivity contribution is 0.305. The summed E-state index contributed by atoms with van der Waals surface area (Å²) in [7, 11) is 0. The number of aryl methyl sites for hydroxylation is 1. The molecule has 4 nitrogen and oxygen atoms in total. The Hall–Kier alpha value is -2.66. The zero-order chi connectivity index (χ0) is 17.2. The van der Waals surface area contributed by atoms with Gasteiger partial charge >= 0.3 is 0 Å². The van der Waals surface area contributed by atoms with Crippen molar-refractivity contribution in [2.75, 3.05) is 6.54 Å². The molecule has 0 heterocycles. The standard InChI is InChI=1S/C19H21N3OS/c1-3-12-20-19(24)22-21-13-16-9-6-7-11-18(16)23-14-17-10-5-4-8-15(17)2/h3-11,13H,1,12,14H2,2H3,(H2,20,22,24)/b21-13-. The van der Waals surface area contributed by atoms with Crippen LogP contribution in [0.25, 0.3) is 0 Å². The summed E-state index contributed by atoms with van der Waals surface area (Å²) in [5.74, 6) is 0.774. The van der Waals surface area contributed by atoms with Crippen molar-refractivity contribution in [2.24, 2.45) is 5.10 Å². The number of thiocarbonyl (C=S) groups is 1. The molecule has 0 fully saturated rings. The summed E-state index contributed by atoms with van der Waals surface area (Å²) in [6.45, 7) is 6.81. The van der Waals surface area contributed by atoms with Crippen molar-refractivity contribution in [1.29, 1.82) is 0 Å². The first-order valence-corrected chi connectivity index (χ1v) is 8.05. The minimum Gasteiger partial charge on any atom is -0.488 e. The van der Waals surface area contributed by atoms with Gasteiger partial charge < -0.3 is 10.1 Å². The maximum absolute atomic E-state index is 5.95. The third-order valence-electron chi connectivity index (χ3n) is 3.34. The van der Waals surface area contributed by atoms with Crippen LogP contribution in [-0.2, 0) is 6.61 Å². The predicted molar refractivity (Wildman–Crippen MR) is 103 cm³/mol. The minimum absolute atomic E-state index is 0.449. The molecule has 0 bridgehead atoms. The first-order chi connectivity index (χ1) is 11.7. The van der Waals surface area contributed by atoms with E-state index in [0.29, 0.717) is 18.3 Å². The number of ether oxygens (including phenoxy) is 1. The van der Waals surface area contributed by atoms with Crippen molar-refractivity contribution in [3.63, 3.8) is 0 Å². The van der Waals surface area contributed by atoms with Gasteiger partial charge in [-0.2, -0.15) is 5.10 Å². The topological polar surface area (TPSA) is 45.7 Å². The van der Waals surface area contributed by atoms with Gasteiger partial charge in [0.2, 0.25) is 0 Å². The van der Waals surface area contributed by atoms with Crippen molar-refractivity contribution in [3.8, 4) is 5.75 Å². The Bertz CT molecular complexity index is 728. The summed E-state index contributed by atoms with van der Waals surface area (Å²) < 4.78 is 5.95. The summed E-state index contributed by atoms with van der Waals surface area (Å²) in [4.78, 5) is 0. The highest BCUT2D eigenvalue weighted by atomic mass is 32.1. The van der Waals surface area contributed by atoms with E-state index in [1.165, 1.54) is 5.56 Å². The molecule has 0 amide bonds. The van der Waals surface area contributed by atoms with Crippen LogP contribution in [0.15, 0.2) is 66.3 Å². The Kier molecular flexibility index (Phi) is 6.98. The Morgan fingerprint density at radius 1 is 1.21 bits per heavy atom. The van der Waals surface area contributed by atoms with E-state index in [2.05, 4.69) is 41.5 Å². The summed E-state index contributed by atoms with van der Waals surface area (Å²) in [5, 5.41) is 7.53. The van der Waals surface area contributed by atoms with Gasteiger partial charge in [-0.15, -0.1) is 6.58 Å². The smallest absolute Gasteiger partial charge is 0.187 e. The van der Waals surface area contributed by atoms with Crippen molar-refractivity contribution in [3.05, 3.63) is 77.9 Å². The molecule has 0 aromatic heterocycles. The Balaban J connectivity index is 1.98. The van der Waals surface area contributed by atoms with Gasteiger partial charge in [-0.1, -0.05) is 42.5 Å². The van der Waals surface area contributed by atoms with Crippen LogP contribution < -0.4 is 15.5 Å². The van der Waals surface area contributed by atoms with Gasteiger partial charge in [0.25, 0.3) is 0 Å². The molecule has 2 aromatic rings. The van der Waals surface area contributed by atoms with E-state index in [1.807, 2.05) is 36.4 Å². The summed E-state index contributed by atoms with van der Waals surface area (Å²) >= 11 is 5.08. The fourth-order valence-electron chi connectivity index (χ4n) is 2.01. The van der Waals surface area contributed by atoms with E-state index in [1.54, 1.807) is 12.3 Å². The molecule has 0 atom stereocenters. The molecule has 2 aromatic carbocycles. The van der Waals surface area contributed by atoms with Crippen LogP contribution in [0.5, 0.6) is 5.75 Å². The maximum atomic E-state index is 5.95. The zero-order valence-corrected chi connectivity index (χ0v) is 14.5. The van der Waals surface area contributed by atoms with Crippen LogP contribution >= 0.6 is 12.2 Å². The lowest BCUT2D eigenvalue weighted by atomic mass is 10.1. The van der Waals surface area contributed by atoms with E-state index in [9.17, 15) is 0 Å². The second kappa shape index (κ2) is 9.47. The maximum Gasteiger partial charge on any atom is 0.187 e. The fourth-order valence-corrected chi connectivity index (χ4v) is 2.15.